The number of nitrogens with one attached hydrogen (secondary N) is 2. The van der Waals surface area contributed by atoms with Crippen molar-refractivity contribution in [2.45, 2.75) is 51.7 Å². The summed E-state index contributed by atoms with van der Waals surface area (Å²) in [6, 6.07) is 0.686. The van der Waals surface area contributed by atoms with E-state index in [2.05, 4.69) is 20.7 Å². The predicted molar refractivity (Wildman–Crippen MR) is 72.3 cm³/mol. The van der Waals surface area contributed by atoms with Crippen molar-refractivity contribution >= 4 is 11.6 Å². The monoisotopic (exact) mass is 291 g/mol. The number of nitrogens with two attached hydrogens (primary N) is 1. The maximum absolute atomic E-state index is 12.3. The number of hydrogen-bond donors (Lipinski definition) is 3. The lowest BCUT2D eigenvalue weighted by atomic mass is 9.96. The number of hydrogen-bond acceptors (Lipinski definition) is 5. The first-order valence-corrected chi connectivity index (χ1v) is 6.21. The van der Waals surface area contributed by atoms with Gasteiger partial charge in [0.15, 0.2) is 0 Å². The van der Waals surface area contributed by atoms with E-state index >= 15 is 0 Å². The highest BCUT2D eigenvalue weighted by Gasteiger charge is 2.30. The molecule has 1 unspecified atom stereocenters. The number of nitrogen functional groups attached to an aromatic ring is 1. The van der Waals surface area contributed by atoms with Crippen LogP contribution >= 0.6 is 0 Å². The average molecular weight is 291 g/mol. The van der Waals surface area contributed by atoms with Crippen LogP contribution in [0.5, 0.6) is 0 Å². The Kier molecular flexibility index (Phi) is 4.80. The van der Waals surface area contributed by atoms with E-state index in [9.17, 15) is 13.2 Å². The van der Waals surface area contributed by atoms with E-state index in [1.165, 1.54) is 13.0 Å². The van der Waals surface area contributed by atoms with Crippen LogP contribution in [0, 0.1) is 0 Å². The summed E-state index contributed by atoms with van der Waals surface area (Å²) in [6.07, 6.45) is -5.16. The lowest BCUT2D eigenvalue weighted by Gasteiger charge is -2.21. The van der Waals surface area contributed by atoms with Gasteiger partial charge in [-0.15, -0.1) is 0 Å². The molecule has 5 nitrogen and oxygen atoms in total. The summed E-state index contributed by atoms with van der Waals surface area (Å²) in [5.41, 5.74) is 2.05. The van der Waals surface area contributed by atoms with Crippen molar-refractivity contribution in [1.29, 1.82) is 0 Å². The van der Waals surface area contributed by atoms with Crippen LogP contribution in [0.1, 0.15) is 39.9 Å². The number of halogens is 3. The van der Waals surface area contributed by atoms with Gasteiger partial charge in [-0.2, -0.15) is 13.2 Å². The van der Waals surface area contributed by atoms with Crippen molar-refractivity contribution in [3.05, 3.63) is 11.9 Å². The van der Waals surface area contributed by atoms with Gasteiger partial charge in [-0.1, -0.05) is 20.8 Å². The van der Waals surface area contributed by atoms with E-state index < -0.39 is 18.6 Å². The molecule has 114 valence electrons. The zero-order chi connectivity index (χ0) is 15.6. The molecule has 0 fully saturated rings. The molecule has 0 radical (unpaired) electrons. The Hall–Kier alpha value is -1.57. The number of rotatable bonds is 4. The Bertz CT molecular complexity index is 453. The number of anilines is 2. The van der Waals surface area contributed by atoms with E-state index in [1.807, 2.05) is 20.8 Å². The molecule has 20 heavy (non-hydrogen) atoms. The Morgan fingerprint density at radius 2 is 1.75 bits per heavy atom. The molecule has 1 atom stereocenters. The minimum atomic E-state index is -4.22. The second-order valence-electron chi connectivity index (χ2n) is 5.72. The van der Waals surface area contributed by atoms with E-state index in [0.717, 1.165) is 0 Å². The molecule has 8 heteroatoms. The van der Waals surface area contributed by atoms with Gasteiger partial charge in [-0.05, 0) is 6.92 Å². The second kappa shape index (κ2) is 5.82. The molecule has 0 aliphatic carbocycles. The molecule has 1 rings (SSSR count). The smallest absolute Gasteiger partial charge is 0.367 e. The molecular formula is C12H20F3N5. The fourth-order valence-corrected chi connectivity index (χ4v) is 1.58. The van der Waals surface area contributed by atoms with Crippen molar-refractivity contribution < 1.29 is 13.2 Å². The fraction of sp³-hybridized carbons (Fsp3) is 0.667. The van der Waals surface area contributed by atoms with Crippen LogP contribution in [-0.2, 0) is 5.41 Å². The predicted octanol–water partition coefficient (Wildman–Crippen LogP) is 2.81. The summed E-state index contributed by atoms with van der Waals surface area (Å²) in [5.74, 6) is 6.48. The highest BCUT2D eigenvalue weighted by Crippen LogP contribution is 2.25. The van der Waals surface area contributed by atoms with Gasteiger partial charge in [-0.25, -0.2) is 15.8 Å². The molecule has 4 N–H and O–H groups in total. The molecule has 0 aliphatic heterocycles. The van der Waals surface area contributed by atoms with Gasteiger partial charge < -0.3 is 10.7 Å². The molecule has 0 saturated carbocycles. The summed E-state index contributed by atoms with van der Waals surface area (Å²) >= 11 is 0. The first-order chi connectivity index (χ1) is 9.01. The SMILES string of the molecule is CC(CC(F)(F)F)Nc1cc(NN)nc(C(C)(C)C)n1. The van der Waals surface area contributed by atoms with E-state index in [4.69, 9.17) is 5.84 Å². The summed E-state index contributed by atoms with van der Waals surface area (Å²) in [4.78, 5) is 8.43. The topological polar surface area (TPSA) is 75.9 Å². The number of alkyl halides is 3. The molecule has 1 heterocycles. The standard InChI is InChI=1S/C12H20F3N5/c1-7(6-12(13,14)15)17-8-5-9(20-16)19-10(18-8)11(2,3)4/h5,7H,6,16H2,1-4H3,(H2,17,18,19,20). The minimum Gasteiger partial charge on any atom is -0.367 e. The third-order valence-electron chi connectivity index (χ3n) is 2.48. The van der Waals surface area contributed by atoms with Gasteiger partial charge in [0.2, 0.25) is 0 Å². The van der Waals surface area contributed by atoms with E-state index in [-0.39, 0.29) is 5.41 Å². The molecule has 1 aromatic rings. The normalized spacial score (nSPS) is 14.0. The lowest BCUT2D eigenvalue weighted by molar-refractivity contribution is -0.136. The third-order valence-corrected chi connectivity index (χ3v) is 2.48. The molecule has 0 bridgehead atoms. The van der Waals surface area contributed by atoms with Gasteiger partial charge >= 0.3 is 6.18 Å². The first-order valence-electron chi connectivity index (χ1n) is 6.21. The Balaban J connectivity index is 2.95. The maximum atomic E-state index is 12.3. The van der Waals surface area contributed by atoms with Crippen LogP contribution in [0.3, 0.4) is 0 Å². The summed E-state index contributed by atoms with van der Waals surface area (Å²) < 4.78 is 37.0. The zero-order valence-electron chi connectivity index (χ0n) is 12.0. The minimum absolute atomic E-state index is 0.314. The summed E-state index contributed by atoms with van der Waals surface area (Å²) in [7, 11) is 0. The van der Waals surface area contributed by atoms with Crippen LogP contribution in [0.4, 0.5) is 24.8 Å². The molecule has 0 aromatic carbocycles. The Labute approximate surface area is 116 Å². The quantitative estimate of drug-likeness (QED) is 0.587. The van der Waals surface area contributed by atoms with Crippen LogP contribution in [0.2, 0.25) is 0 Å². The van der Waals surface area contributed by atoms with Crippen molar-refractivity contribution in [2.24, 2.45) is 5.84 Å². The van der Waals surface area contributed by atoms with Crippen LogP contribution in [0.25, 0.3) is 0 Å². The van der Waals surface area contributed by atoms with E-state index in [1.54, 1.807) is 0 Å². The van der Waals surface area contributed by atoms with Gasteiger partial charge in [0.1, 0.15) is 17.5 Å². The molecule has 0 amide bonds. The van der Waals surface area contributed by atoms with Gasteiger partial charge in [0, 0.05) is 17.5 Å². The fourth-order valence-electron chi connectivity index (χ4n) is 1.58. The van der Waals surface area contributed by atoms with Crippen molar-refractivity contribution in [1.82, 2.24) is 9.97 Å². The number of aromatic nitrogens is 2. The number of hydrazine groups is 1. The first kappa shape index (κ1) is 16.5. The van der Waals surface area contributed by atoms with Gasteiger partial charge in [0.05, 0.1) is 6.42 Å². The number of nitrogens with zero attached hydrogens (tertiary/aromatic N) is 2. The molecule has 1 aromatic heterocycles. The second-order valence-corrected chi connectivity index (χ2v) is 5.72. The van der Waals surface area contributed by atoms with Gasteiger partial charge in [0.25, 0.3) is 0 Å². The Morgan fingerprint density at radius 3 is 2.20 bits per heavy atom. The van der Waals surface area contributed by atoms with Crippen molar-refractivity contribution in [3.63, 3.8) is 0 Å². The van der Waals surface area contributed by atoms with Crippen LogP contribution in [-0.4, -0.2) is 22.2 Å². The molecule has 0 saturated heterocycles. The highest BCUT2D eigenvalue weighted by atomic mass is 19.4. The largest absolute Gasteiger partial charge is 0.391 e. The summed E-state index contributed by atoms with van der Waals surface area (Å²) in [6.45, 7) is 7.17. The third kappa shape index (κ3) is 5.20. The molecule has 0 spiro atoms. The highest BCUT2D eigenvalue weighted by molar-refractivity contribution is 5.48. The van der Waals surface area contributed by atoms with Crippen molar-refractivity contribution in [3.8, 4) is 0 Å². The van der Waals surface area contributed by atoms with Crippen LogP contribution < -0.4 is 16.6 Å². The summed E-state index contributed by atoms with van der Waals surface area (Å²) in [5, 5.41) is 2.72. The lowest BCUT2D eigenvalue weighted by Crippen LogP contribution is -2.26. The zero-order valence-corrected chi connectivity index (χ0v) is 12.0. The van der Waals surface area contributed by atoms with Crippen LogP contribution in [0.15, 0.2) is 6.07 Å². The maximum Gasteiger partial charge on any atom is 0.391 e. The van der Waals surface area contributed by atoms with E-state index in [0.29, 0.717) is 17.5 Å². The van der Waals surface area contributed by atoms with Gasteiger partial charge in [-0.3, -0.25) is 0 Å². The molecule has 0 aliphatic rings. The Morgan fingerprint density at radius 1 is 1.20 bits per heavy atom. The van der Waals surface area contributed by atoms with Crippen molar-refractivity contribution in [2.75, 3.05) is 10.7 Å². The molecular weight excluding hydrogens is 271 g/mol. The average Bonchev–Trinajstić information content (AvgIpc) is 2.24.